The van der Waals surface area contributed by atoms with E-state index < -0.39 is 0 Å². The molecule has 6 heteroatoms. The summed E-state index contributed by atoms with van der Waals surface area (Å²) in [4.78, 5) is 15.4. The van der Waals surface area contributed by atoms with E-state index in [1.165, 1.54) is 6.33 Å². The molecule has 1 atom stereocenters. The van der Waals surface area contributed by atoms with Gasteiger partial charge in [0.1, 0.15) is 11.8 Å². The second-order valence-corrected chi connectivity index (χ2v) is 4.07. The van der Waals surface area contributed by atoms with Crippen molar-refractivity contribution in [2.75, 3.05) is 11.9 Å². The van der Waals surface area contributed by atoms with Crippen LogP contribution in [0.25, 0.3) is 11.2 Å². The minimum absolute atomic E-state index is 0.160. The Bertz CT molecular complexity index is 473. The van der Waals surface area contributed by atoms with E-state index in [4.69, 9.17) is 5.73 Å². The number of imidazole rings is 1. The molecule has 2 heterocycles. The Morgan fingerprint density at radius 3 is 2.94 bits per heavy atom. The quantitative estimate of drug-likeness (QED) is 0.711. The molecule has 86 valence electrons. The summed E-state index contributed by atoms with van der Waals surface area (Å²) >= 11 is 0. The molecule has 0 aromatic carbocycles. The normalized spacial score (nSPS) is 14.9. The standard InChI is InChI=1S/C10H16N6/c1-3-10(2,4-11)16-9-7-8(13-5-12-7)14-6-15-9/h5-6H,3-4,11H2,1-2H3,(H2,12,13,14,15,16). The van der Waals surface area contributed by atoms with Crippen LogP contribution in [0.4, 0.5) is 5.82 Å². The number of nitrogens with two attached hydrogens (primary N) is 1. The molecule has 6 nitrogen and oxygen atoms in total. The van der Waals surface area contributed by atoms with Crippen molar-refractivity contribution in [2.45, 2.75) is 25.8 Å². The molecule has 0 fully saturated rings. The van der Waals surface area contributed by atoms with Crippen molar-refractivity contribution in [2.24, 2.45) is 5.73 Å². The van der Waals surface area contributed by atoms with Gasteiger partial charge in [-0.3, -0.25) is 0 Å². The molecular formula is C10H16N6. The highest BCUT2D eigenvalue weighted by molar-refractivity contribution is 5.82. The SMILES string of the molecule is CCC(C)(CN)Nc1ncnc2nc[nH]c12. The van der Waals surface area contributed by atoms with Gasteiger partial charge < -0.3 is 16.0 Å². The second-order valence-electron chi connectivity index (χ2n) is 4.07. The van der Waals surface area contributed by atoms with Gasteiger partial charge in [0, 0.05) is 12.1 Å². The molecule has 4 N–H and O–H groups in total. The first-order chi connectivity index (χ1) is 7.68. The van der Waals surface area contributed by atoms with Gasteiger partial charge in [-0.15, -0.1) is 0 Å². The van der Waals surface area contributed by atoms with E-state index in [-0.39, 0.29) is 5.54 Å². The van der Waals surface area contributed by atoms with Crippen LogP contribution in [0.1, 0.15) is 20.3 Å². The van der Waals surface area contributed by atoms with Gasteiger partial charge in [0.15, 0.2) is 11.5 Å². The fourth-order valence-corrected chi connectivity index (χ4v) is 1.43. The second kappa shape index (κ2) is 4.05. The lowest BCUT2D eigenvalue weighted by Crippen LogP contribution is -2.42. The zero-order valence-electron chi connectivity index (χ0n) is 9.49. The zero-order chi connectivity index (χ0) is 11.6. The van der Waals surface area contributed by atoms with E-state index in [1.807, 2.05) is 0 Å². The van der Waals surface area contributed by atoms with Crippen molar-refractivity contribution < 1.29 is 0 Å². The minimum atomic E-state index is -0.160. The summed E-state index contributed by atoms with van der Waals surface area (Å²) in [5.41, 5.74) is 7.07. The average molecular weight is 220 g/mol. The Labute approximate surface area is 93.7 Å². The van der Waals surface area contributed by atoms with Crippen molar-refractivity contribution in [3.63, 3.8) is 0 Å². The third-order valence-corrected chi connectivity index (χ3v) is 2.87. The highest BCUT2D eigenvalue weighted by Crippen LogP contribution is 2.20. The van der Waals surface area contributed by atoms with Gasteiger partial charge in [0.2, 0.25) is 0 Å². The Morgan fingerprint density at radius 1 is 1.44 bits per heavy atom. The third kappa shape index (κ3) is 1.83. The van der Waals surface area contributed by atoms with E-state index in [0.29, 0.717) is 12.2 Å². The Balaban J connectivity index is 2.37. The first-order valence-electron chi connectivity index (χ1n) is 5.31. The number of aromatic amines is 1. The molecule has 2 rings (SSSR count). The smallest absolute Gasteiger partial charge is 0.182 e. The number of aromatic nitrogens is 4. The molecule has 0 saturated carbocycles. The molecule has 2 aromatic heterocycles. The molecule has 0 radical (unpaired) electrons. The van der Waals surface area contributed by atoms with Crippen molar-refractivity contribution >= 4 is 17.0 Å². The predicted molar refractivity (Wildman–Crippen MR) is 63.1 cm³/mol. The lowest BCUT2D eigenvalue weighted by atomic mass is 9.99. The zero-order valence-corrected chi connectivity index (χ0v) is 9.49. The van der Waals surface area contributed by atoms with Crippen LogP contribution in [0.15, 0.2) is 12.7 Å². The molecule has 0 aliphatic rings. The molecule has 0 amide bonds. The number of hydrogen-bond acceptors (Lipinski definition) is 5. The predicted octanol–water partition coefficient (Wildman–Crippen LogP) is 0.892. The maximum atomic E-state index is 5.75. The summed E-state index contributed by atoms with van der Waals surface area (Å²) in [5, 5.41) is 3.34. The highest BCUT2D eigenvalue weighted by Gasteiger charge is 2.21. The molecular weight excluding hydrogens is 204 g/mol. The summed E-state index contributed by atoms with van der Waals surface area (Å²) in [6.07, 6.45) is 4.03. The molecule has 0 saturated heterocycles. The summed E-state index contributed by atoms with van der Waals surface area (Å²) < 4.78 is 0. The molecule has 0 aliphatic carbocycles. The van der Waals surface area contributed by atoms with Gasteiger partial charge in [-0.1, -0.05) is 6.92 Å². The van der Waals surface area contributed by atoms with Crippen LogP contribution in [0.3, 0.4) is 0 Å². The summed E-state index contributed by atoms with van der Waals surface area (Å²) in [6, 6.07) is 0. The molecule has 2 aromatic rings. The van der Waals surface area contributed by atoms with E-state index in [1.54, 1.807) is 6.33 Å². The van der Waals surface area contributed by atoms with E-state index in [2.05, 4.69) is 39.1 Å². The van der Waals surface area contributed by atoms with E-state index in [9.17, 15) is 0 Å². The van der Waals surface area contributed by atoms with Gasteiger partial charge in [-0.25, -0.2) is 15.0 Å². The number of rotatable bonds is 4. The summed E-state index contributed by atoms with van der Waals surface area (Å²) in [7, 11) is 0. The van der Waals surface area contributed by atoms with Gasteiger partial charge in [-0.05, 0) is 13.3 Å². The number of H-pyrrole nitrogens is 1. The molecule has 16 heavy (non-hydrogen) atoms. The Hall–Kier alpha value is -1.69. The number of nitrogens with zero attached hydrogens (tertiary/aromatic N) is 3. The number of nitrogens with one attached hydrogen (secondary N) is 2. The topological polar surface area (TPSA) is 92.5 Å². The lowest BCUT2D eigenvalue weighted by Gasteiger charge is -2.28. The molecule has 0 spiro atoms. The van der Waals surface area contributed by atoms with Crippen molar-refractivity contribution in [3.8, 4) is 0 Å². The monoisotopic (exact) mass is 220 g/mol. The van der Waals surface area contributed by atoms with Gasteiger partial charge in [0.25, 0.3) is 0 Å². The fourth-order valence-electron chi connectivity index (χ4n) is 1.43. The number of fused-ring (bicyclic) bond motifs is 1. The molecule has 0 aliphatic heterocycles. The van der Waals surface area contributed by atoms with Crippen LogP contribution in [0.2, 0.25) is 0 Å². The number of anilines is 1. The van der Waals surface area contributed by atoms with Crippen LogP contribution in [0, 0.1) is 0 Å². The molecule has 1 unspecified atom stereocenters. The Kier molecular flexibility index (Phi) is 2.74. The third-order valence-electron chi connectivity index (χ3n) is 2.87. The summed E-state index contributed by atoms with van der Waals surface area (Å²) in [6.45, 7) is 4.70. The first-order valence-corrected chi connectivity index (χ1v) is 5.31. The van der Waals surface area contributed by atoms with Crippen molar-refractivity contribution in [3.05, 3.63) is 12.7 Å². The van der Waals surface area contributed by atoms with E-state index in [0.717, 1.165) is 17.8 Å². The van der Waals surface area contributed by atoms with Crippen LogP contribution < -0.4 is 11.1 Å². The maximum Gasteiger partial charge on any atom is 0.182 e. The summed E-state index contributed by atoms with van der Waals surface area (Å²) in [5.74, 6) is 0.748. The first kappa shape index (κ1) is 10.8. The van der Waals surface area contributed by atoms with Gasteiger partial charge >= 0.3 is 0 Å². The van der Waals surface area contributed by atoms with Crippen LogP contribution in [-0.2, 0) is 0 Å². The highest BCUT2D eigenvalue weighted by atomic mass is 15.1. The van der Waals surface area contributed by atoms with Gasteiger partial charge in [-0.2, -0.15) is 0 Å². The molecule has 0 bridgehead atoms. The van der Waals surface area contributed by atoms with Crippen molar-refractivity contribution in [1.82, 2.24) is 19.9 Å². The van der Waals surface area contributed by atoms with Crippen LogP contribution in [0.5, 0.6) is 0 Å². The van der Waals surface area contributed by atoms with Crippen LogP contribution >= 0.6 is 0 Å². The Morgan fingerprint density at radius 2 is 2.25 bits per heavy atom. The number of hydrogen-bond donors (Lipinski definition) is 3. The lowest BCUT2D eigenvalue weighted by molar-refractivity contribution is 0.505. The van der Waals surface area contributed by atoms with Gasteiger partial charge in [0.05, 0.1) is 6.33 Å². The van der Waals surface area contributed by atoms with Crippen molar-refractivity contribution in [1.29, 1.82) is 0 Å². The fraction of sp³-hybridized carbons (Fsp3) is 0.500. The van der Waals surface area contributed by atoms with Crippen LogP contribution in [-0.4, -0.2) is 32.0 Å². The largest absolute Gasteiger partial charge is 0.362 e. The average Bonchev–Trinajstić information content (AvgIpc) is 2.78. The van der Waals surface area contributed by atoms with E-state index >= 15 is 0 Å². The maximum absolute atomic E-state index is 5.75. The minimum Gasteiger partial charge on any atom is -0.362 e.